The quantitative estimate of drug-likeness (QED) is 0.650. The molecule has 0 amide bonds. The molecule has 3 N–H and O–H groups in total. The molecule has 0 bridgehead atoms. The minimum Gasteiger partial charge on any atom is -0.384 e. The molecule has 0 aromatic heterocycles. The first-order valence-electron chi connectivity index (χ1n) is 6.35. The van der Waals surface area contributed by atoms with Gasteiger partial charge in [-0.3, -0.25) is 9.71 Å². The Morgan fingerprint density at radius 3 is 2.26 bits per heavy atom. The van der Waals surface area contributed by atoms with Crippen molar-refractivity contribution < 1.29 is 8.42 Å². The Balaban J connectivity index is 2.23. The molecule has 0 heterocycles. The summed E-state index contributed by atoms with van der Waals surface area (Å²) in [6.07, 6.45) is 3.47. The van der Waals surface area contributed by atoms with E-state index >= 15 is 0 Å². The summed E-state index contributed by atoms with van der Waals surface area (Å²) in [5.74, 6) is -0.0205. The van der Waals surface area contributed by atoms with Crippen LogP contribution in [0.15, 0.2) is 24.3 Å². The highest BCUT2D eigenvalue weighted by Crippen LogP contribution is 2.29. The van der Waals surface area contributed by atoms with Gasteiger partial charge in [0.15, 0.2) is 0 Å². The summed E-state index contributed by atoms with van der Waals surface area (Å²) in [6, 6.07) is 6.70. The number of amidine groups is 1. The molecule has 0 spiro atoms. The lowest BCUT2D eigenvalue weighted by Gasteiger charge is -2.23. The Morgan fingerprint density at radius 2 is 1.79 bits per heavy atom. The van der Waals surface area contributed by atoms with E-state index in [0.29, 0.717) is 11.3 Å². The maximum atomic E-state index is 12.4. The summed E-state index contributed by atoms with van der Waals surface area (Å²) in [5, 5.41) is 7.06. The number of hydrogen-bond acceptors (Lipinski definition) is 3. The normalized spacial score (nSPS) is 16.5. The van der Waals surface area contributed by atoms with E-state index in [1.54, 1.807) is 31.3 Å². The summed E-state index contributed by atoms with van der Waals surface area (Å²) >= 11 is 0. The molecule has 0 radical (unpaired) electrons. The minimum atomic E-state index is -3.28. The second-order valence-corrected chi connectivity index (χ2v) is 7.12. The van der Waals surface area contributed by atoms with Gasteiger partial charge >= 0.3 is 0 Å². The molecular formula is C13H19N3O2S. The van der Waals surface area contributed by atoms with Crippen LogP contribution in [-0.4, -0.2) is 26.6 Å². The van der Waals surface area contributed by atoms with Crippen molar-refractivity contribution in [2.45, 2.75) is 30.9 Å². The molecule has 0 atom stereocenters. The average molecular weight is 281 g/mol. The summed E-state index contributed by atoms with van der Waals surface area (Å²) in [6.45, 7) is 0. The summed E-state index contributed by atoms with van der Waals surface area (Å²) in [5.41, 5.74) is 6.58. The van der Waals surface area contributed by atoms with Gasteiger partial charge in [-0.25, -0.2) is 8.42 Å². The second kappa shape index (κ2) is 5.21. The van der Waals surface area contributed by atoms with E-state index in [9.17, 15) is 8.42 Å². The van der Waals surface area contributed by atoms with Crippen LogP contribution in [0.2, 0.25) is 0 Å². The monoisotopic (exact) mass is 281 g/mol. The molecule has 2 rings (SSSR count). The van der Waals surface area contributed by atoms with Gasteiger partial charge < -0.3 is 5.73 Å². The number of hydrogen-bond donors (Lipinski definition) is 2. The first kappa shape index (κ1) is 13.9. The van der Waals surface area contributed by atoms with Crippen molar-refractivity contribution in [1.29, 1.82) is 5.41 Å². The fourth-order valence-electron chi connectivity index (χ4n) is 2.41. The summed E-state index contributed by atoms with van der Waals surface area (Å²) < 4.78 is 26.2. The fraction of sp³-hybridized carbons (Fsp3) is 0.462. The third-order valence-corrected chi connectivity index (χ3v) is 5.94. The number of nitrogens with one attached hydrogen (secondary N) is 1. The van der Waals surface area contributed by atoms with Crippen molar-refractivity contribution in [3.05, 3.63) is 29.8 Å². The van der Waals surface area contributed by atoms with Crippen LogP contribution in [0.5, 0.6) is 0 Å². The SMILES string of the molecule is CN(c1ccc(C(=N)N)cc1)S(=O)(=O)C1CCCC1. The highest BCUT2D eigenvalue weighted by Gasteiger charge is 2.32. The highest BCUT2D eigenvalue weighted by molar-refractivity contribution is 7.93. The van der Waals surface area contributed by atoms with E-state index in [1.165, 1.54) is 4.31 Å². The molecule has 0 saturated heterocycles. The van der Waals surface area contributed by atoms with Crippen LogP contribution in [0.4, 0.5) is 5.69 Å². The lowest BCUT2D eigenvalue weighted by atomic mass is 10.2. The van der Waals surface area contributed by atoms with E-state index in [2.05, 4.69) is 0 Å². The molecule has 1 aliphatic rings. The fourth-order valence-corrected chi connectivity index (χ4v) is 4.20. The van der Waals surface area contributed by atoms with Crippen LogP contribution >= 0.6 is 0 Å². The molecule has 1 aromatic rings. The van der Waals surface area contributed by atoms with Gasteiger partial charge in [-0.05, 0) is 37.1 Å². The van der Waals surface area contributed by atoms with Gasteiger partial charge in [-0.15, -0.1) is 0 Å². The number of benzene rings is 1. The van der Waals surface area contributed by atoms with E-state index in [0.717, 1.165) is 25.7 Å². The molecule has 0 unspecified atom stereocenters. The second-order valence-electron chi connectivity index (χ2n) is 4.88. The maximum Gasteiger partial charge on any atom is 0.237 e. The number of rotatable bonds is 4. The van der Waals surface area contributed by atoms with Crippen LogP contribution in [0.1, 0.15) is 31.2 Å². The van der Waals surface area contributed by atoms with Crippen LogP contribution in [0.3, 0.4) is 0 Å². The summed E-state index contributed by atoms with van der Waals surface area (Å²) in [4.78, 5) is 0. The number of anilines is 1. The number of nitrogen functional groups attached to an aromatic ring is 1. The smallest absolute Gasteiger partial charge is 0.237 e. The Morgan fingerprint density at radius 1 is 1.26 bits per heavy atom. The van der Waals surface area contributed by atoms with Crippen LogP contribution in [-0.2, 0) is 10.0 Å². The largest absolute Gasteiger partial charge is 0.384 e. The van der Waals surface area contributed by atoms with Gasteiger partial charge in [-0.2, -0.15) is 0 Å². The van der Waals surface area contributed by atoms with Gasteiger partial charge in [-0.1, -0.05) is 12.8 Å². The molecule has 5 nitrogen and oxygen atoms in total. The summed E-state index contributed by atoms with van der Waals surface area (Å²) in [7, 11) is -1.70. The maximum absolute atomic E-state index is 12.4. The standard InChI is InChI=1S/C13H19N3O2S/c1-16(19(17,18)12-4-2-3-5-12)11-8-6-10(7-9-11)13(14)15/h6-9,12H,2-5H2,1H3,(H3,14,15). The Hall–Kier alpha value is -1.56. The number of nitrogens with two attached hydrogens (primary N) is 1. The zero-order valence-electron chi connectivity index (χ0n) is 11.0. The lowest BCUT2D eigenvalue weighted by molar-refractivity contribution is 0.578. The lowest BCUT2D eigenvalue weighted by Crippen LogP contribution is -2.34. The zero-order valence-corrected chi connectivity index (χ0v) is 11.8. The van der Waals surface area contributed by atoms with Crippen molar-refractivity contribution in [3.8, 4) is 0 Å². The molecule has 104 valence electrons. The van der Waals surface area contributed by atoms with E-state index in [-0.39, 0.29) is 11.1 Å². The Bertz CT molecular complexity index is 560. The van der Waals surface area contributed by atoms with Crippen LogP contribution in [0, 0.1) is 5.41 Å². The third-order valence-electron chi connectivity index (χ3n) is 3.65. The third kappa shape index (κ3) is 2.73. The van der Waals surface area contributed by atoms with Gasteiger partial charge in [0, 0.05) is 12.6 Å². The van der Waals surface area contributed by atoms with E-state index in [1.807, 2.05) is 0 Å². The van der Waals surface area contributed by atoms with Crippen molar-refractivity contribution in [2.24, 2.45) is 5.73 Å². The number of sulfonamides is 1. The molecule has 0 aliphatic heterocycles. The van der Waals surface area contributed by atoms with E-state index in [4.69, 9.17) is 11.1 Å². The highest BCUT2D eigenvalue weighted by atomic mass is 32.2. The van der Waals surface area contributed by atoms with Gasteiger partial charge in [0.2, 0.25) is 10.0 Å². The first-order chi connectivity index (χ1) is 8.93. The minimum absolute atomic E-state index is 0.0205. The molecule has 6 heteroatoms. The first-order valence-corrected chi connectivity index (χ1v) is 7.85. The van der Waals surface area contributed by atoms with Crippen molar-refractivity contribution in [2.75, 3.05) is 11.4 Å². The topological polar surface area (TPSA) is 87.2 Å². The predicted molar refractivity (Wildman–Crippen MR) is 77.0 cm³/mol. The molecule has 1 aliphatic carbocycles. The van der Waals surface area contributed by atoms with Crippen LogP contribution in [0.25, 0.3) is 0 Å². The molecule has 1 fully saturated rings. The van der Waals surface area contributed by atoms with Crippen molar-refractivity contribution in [3.63, 3.8) is 0 Å². The molecular weight excluding hydrogens is 262 g/mol. The van der Waals surface area contributed by atoms with Crippen LogP contribution < -0.4 is 10.0 Å². The van der Waals surface area contributed by atoms with Gasteiger partial charge in [0.1, 0.15) is 5.84 Å². The van der Waals surface area contributed by atoms with Gasteiger partial charge in [0.25, 0.3) is 0 Å². The Labute approximate surface area is 114 Å². The van der Waals surface area contributed by atoms with E-state index < -0.39 is 10.0 Å². The van der Waals surface area contributed by atoms with Crippen molar-refractivity contribution in [1.82, 2.24) is 0 Å². The zero-order chi connectivity index (χ0) is 14.0. The predicted octanol–water partition coefficient (Wildman–Crippen LogP) is 1.68. The Kier molecular flexibility index (Phi) is 3.80. The molecule has 1 aromatic carbocycles. The number of nitrogens with zero attached hydrogens (tertiary/aromatic N) is 1. The molecule has 1 saturated carbocycles. The molecule has 19 heavy (non-hydrogen) atoms. The van der Waals surface area contributed by atoms with Gasteiger partial charge in [0.05, 0.1) is 10.9 Å². The van der Waals surface area contributed by atoms with Crippen molar-refractivity contribution >= 4 is 21.5 Å². The average Bonchev–Trinajstić information content (AvgIpc) is 2.92.